The molecule has 1 aliphatic heterocycles. The predicted octanol–water partition coefficient (Wildman–Crippen LogP) is 16.7. The van der Waals surface area contributed by atoms with E-state index in [0.717, 1.165) is 89.5 Å². The number of hydrogen-bond donors (Lipinski definition) is 0. The van der Waals surface area contributed by atoms with Crippen molar-refractivity contribution in [3.05, 3.63) is 243 Å². The van der Waals surface area contributed by atoms with E-state index < -0.39 is 0 Å². The first-order valence-electron chi connectivity index (χ1n) is 22.8. The van der Waals surface area contributed by atoms with Gasteiger partial charge in [-0.2, -0.15) is 0 Å². The van der Waals surface area contributed by atoms with Crippen molar-refractivity contribution in [2.75, 3.05) is 4.90 Å². The SMILES string of the molecule is c1ccc(-c2cn(-c3ccccc3)c3cc4c(cc23)N(c2cccc3c(-n5c6ccccc6c6cc7c(cc65)c(-c5ccccc5)cn7-c5ccccc5)cccc23)c2ccccc2O4)cc1. The van der Waals surface area contributed by atoms with Crippen LogP contribution >= 0.6 is 0 Å². The molecule has 0 radical (unpaired) electrons. The van der Waals surface area contributed by atoms with E-state index in [2.05, 4.69) is 262 Å². The highest BCUT2D eigenvalue weighted by Gasteiger charge is 2.30. The molecule has 1 aliphatic rings. The number of benzene rings is 10. The van der Waals surface area contributed by atoms with Gasteiger partial charge in [-0.15, -0.1) is 0 Å². The van der Waals surface area contributed by atoms with Crippen molar-refractivity contribution < 1.29 is 4.74 Å². The Morgan fingerprint density at radius 2 is 0.776 bits per heavy atom. The smallest absolute Gasteiger partial charge is 0.153 e. The maximum atomic E-state index is 6.88. The summed E-state index contributed by atoms with van der Waals surface area (Å²) in [5.41, 5.74) is 15.7. The van der Waals surface area contributed by atoms with Crippen LogP contribution in [-0.4, -0.2) is 13.7 Å². The third kappa shape index (κ3) is 5.75. The lowest BCUT2D eigenvalue weighted by Crippen LogP contribution is -2.16. The number of anilines is 3. The average molecular weight is 857 g/mol. The average Bonchev–Trinajstić information content (AvgIpc) is 4.07. The van der Waals surface area contributed by atoms with Crippen LogP contribution in [0.3, 0.4) is 0 Å². The fourth-order valence-corrected chi connectivity index (χ4v) is 10.6. The number of ether oxygens (including phenoxy) is 1. The van der Waals surface area contributed by atoms with Gasteiger partial charge in [0.15, 0.2) is 11.5 Å². The van der Waals surface area contributed by atoms with Crippen LogP contribution in [0, 0.1) is 0 Å². The summed E-state index contributed by atoms with van der Waals surface area (Å²) in [4.78, 5) is 2.40. The zero-order valence-corrected chi connectivity index (χ0v) is 36.3. The molecule has 0 amide bonds. The minimum absolute atomic E-state index is 0.803. The van der Waals surface area contributed by atoms with Gasteiger partial charge in [0.2, 0.25) is 0 Å². The second-order valence-corrected chi connectivity index (χ2v) is 17.4. The van der Waals surface area contributed by atoms with Crippen molar-refractivity contribution in [2.24, 2.45) is 0 Å². The van der Waals surface area contributed by atoms with Crippen LogP contribution in [-0.2, 0) is 0 Å². The lowest BCUT2D eigenvalue weighted by Gasteiger charge is -2.34. The molecule has 5 heteroatoms. The van der Waals surface area contributed by atoms with Gasteiger partial charge in [-0.1, -0.05) is 152 Å². The number of rotatable bonds is 6. The van der Waals surface area contributed by atoms with Gasteiger partial charge in [-0.05, 0) is 83.9 Å². The Morgan fingerprint density at radius 3 is 1.45 bits per heavy atom. The van der Waals surface area contributed by atoms with Crippen LogP contribution in [0.2, 0.25) is 0 Å². The van der Waals surface area contributed by atoms with Crippen LogP contribution in [0.15, 0.2) is 243 Å². The van der Waals surface area contributed by atoms with Gasteiger partial charge in [0.1, 0.15) is 0 Å². The molecular weight excluding hydrogens is 817 g/mol. The Bertz CT molecular complexity index is 4050. The van der Waals surface area contributed by atoms with Crippen molar-refractivity contribution in [1.82, 2.24) is 13.7 Å². The number of nitrogens with zero attached hydrogens (tertiary/aromatic N) is 4. The minimum atomic E-state index is 0.803. The van der Waals surface area contributed by atoms with Crippen LogP contribution in [0.25, 0.3) is 93.7 Å². The first-order chi connectivity index (χ1) is 33.2. The number of aromatic nitrogens is 3. The molecule has 5 nitrogen and oxygen atoms in total. The number of hydrogen-bond acceptors (Lipinski definition) is 2. The van der Waals surface area contributed by atoms with Gasteiger partial charge < -0.3 is 23.3 Å². The number of fused-ring (bicyclic) bond motifs is 8. The highest BCUT2D eigenvalue weighted by atomic mass is 16.5. The molecular formula is C62H40N4O. The maximum absolute atomic E-state index is 6.88. The van der Waals surface area contributed by atoms with E-state index in [4.69, 9.17) is 4.74 Å². The van der Waals surface area contributed by atoms with Gasteiger partial charge in [-0.3, -0.25) is 0 Å². The molecule has 0 unspecified atom stereocenters. The molecule has 0 saturated heterocycles. The van der Waals surface area contributed by atoms with Gasteiger partial charge >= 0.3 is 0 Å². The molecule has 0 atom stereocenters. The van der Waals surface area contributed by atoms with Gasteiger partial charge in [0, 0.05) is 73.3 Å². The molecule has 0 bridgehead atoms. The first-order valence-corrected chi connectivity index (χ1v) is 22.8. The maximum Gasteiger partial charge on any atom is 0.153 e. The van der Waals surface area contributed by atoms with E-state index in [-0.39, 0.29) is 0 Å². The first kappa shape index (κ1) is 37.3. The molecule has 10 aromatic carbocycles. The molecule has 14 rings (SSSR count). The standard InChI is InChI=1S/C62H40N4O/c1-5-19-41(20-6-1)51-39-63(43-23-9-3-10-24-43)57-35-48-47-27-13-14-30-53(47)65(59(48)36-49(51)57)54-32-17-29-46-45(54)28-18-33-55(46)66-56-31-15-16-34-61(56)67-62-38-58-50(37-60(62)66)52(42-21-7-2-8-22-42)40-64(58)44-25-11-4-12-26-44/h1-40H. The predicted molar refractivity (Wildman–Crippen MR) is 278 cm³/mol. The summed E-state index contributed by atoms with van der Waals surface area (Å²) in [6.07, 6.45) is 4.57. The molecule has 4 heterocycles. The van der Waals surface area contributed by atoms with E-state index in [1.54, 1.807) is 0 Å². The van der Waals surface area contributed by atoms with Crippen LogP contribution < -0.4 is 9.64 Å². The van der Waals surface area contributed by atoms with E-state index in [0.29, 0.717) is 0 Å². The topological polar surface area (TPSA) is 27.3 Å². The molecule has 0 saturated carbocycles. The molecule has 3 aromatic heterocycles. The summed E-state index contributed by atoms with van der Waals surface area (Å²) in [7, 11) is 0. The van der Waals surface area contributed by atoms with Gasteiger partial charge in [-0.25, -0.2) is 0 Å². The Hall–Kier alpha value is -9.06. The summed E-state index contributed by atoms with van der Waals surface area (Å²) in [5.74, 6) is 1.61. The molecule has 0 aliphatic carbocycles. The van der Waals surface area contributed by atoms with Crippen molar-refractivity contribution >= 4 is 71.4 Å². The lowest BCUT2D eigenvalue weighted by atomic mass is 10.0. The normalized spacial score (nSPS) is 12.3. The van der Waals surface area contributed by atoms with Crippen LogP contribution in [0.5, 0.6) is 11.5 Å². The summed E-state index contributed by atoms with van der Waals surface area (Å²) in [6, 6.07) is 82.8. The summed E-state index contributed by atoms with van der Waals surface area (Å²) < 4.78 is 14.0. The zero-order chi connectivity index (χ0) is 44.0. The summed E-state index contributed by atoms with van der Waals surface area (Å²) >= 11 is 0. The Morgan fingerprint density at radius 1 is 0.284 bits per heavy atom. The van der Waals surface area contributed by atoms with Crippen molar-refractivity contribution in [1.29, 1.82) is 0 Å². The third-order valence-electron chi connectivity index (χ3n) is 13.6. The highest BCUT2D eigenvalue weighted by molar-refractivity contribution is 6.17. The molecule has 0 N–H and O–H groups in total. The molecule has 0 fully saturated rings. The van der Waals surface area contributed by atoms with E-state index >= 15 is 0 Å². The quantitative estimate of drug-likeness (QED) is 0.167. The number of para-hydroxylation sites is 5. The summed E-state index contributed by atoms with van der Waals surface area (Å²) in [6.45, 7) is 0. The van der Waals surface area contributed by atoms with Gasteiger partial charge in [0.05, 0.1) is 44.8 Å². The molecule has 0 spiro atoms. The Balaban J connectivity index is 1.01. The van der Waals surface area contributed by atoms with Crippen LogP contribution in [0.1, 0.15) is 0 Å². The third-order valence-corrected chi connectivity index (χ3v) is 13.6. The second kappa shape index (κ2) is 14.7. The van der Waals surface area contributed by atoms with Crippen molar-refractivity contribution in [2.45, 2.75) is 0 Å². The molecule has 13 aromatic rings. The zero-order valence-electron chi connectivity index (χ0n) is 36.3. The molecule has 314 valence electrons. The lowest BCUT2D eigenvalue weighted by molar-refractivity contribution is 0.477. The fourth-order valence-electron chi connectivity index (χ4n) is 10.6. The van der Waals surface area contributed by atoms with E-state index in [1.165, 1.54) is 32.8 Å². The minimum Gasteiger partial charge on any atom is -0.453 e. The molecule has 67 heavy (non-hydrogen) atoms. The largest absolute Gasteiger partial charge is 0.453 e. The van der Waals surface area contributed by atoms with Crippen LogP contribution in [0.4, 0.5) is 17.1 Å². The van der Waals surface area contributed by atoms with Crippen molar-refractivity contribution in [3.8, 4) is 50.8 Å². The van der Waals surface area contributed by atoms with E-state index in [9.17, 15) is 0 Å². The summed E-state index contributed by atoms with van der Waals surface area (Å²) in [5, 5.41) is 7.07. The second-order valence-electron chi connectivity index (χ2n) is 17.4. The van der Waals surface area contributed by atoms with E-state index in [1.807, 2.05) is 0 Å². The monoisotopic (exact) mass is 856 g/mol. The Kier molecular flexibility index (Phi) is 8.21. The van der Waals surface area contributed by atoms with Gasteiger partial charge in [0.25, 0.3) is 0 Å². The Labute approximate surface area is 386 Å². The van der Waals surface area contributed by atoms with Crippen molar-refractivity contribution in [3.63, 3.8) is 0 Å². The fraction of sp³-hybridized carbons (Fsp3) is 0. The highest BCUT2D eigenvalue weighted by Crippen LogP contribution is 2.54.